The maximum absolute atomic E-state index is 11.0. The second kappa shape index (κ2) is 13.7. The van der Waals surface area contributed by atoms with Gasteiger partial charge in [-0.2, -0.15) is 0 Å². The minimum atomic E-state index is -0.380. The Morgan fingerprint density at radius 3 is 2.40 bits per heavy atom. The predicted octanol–water partition coefficient (Wildman–Crippen LogP) is -1.92. The van der Waals surface area contributed by atoms with Crippen molar-refractivity contribution in [2.24, 2.45) is 5.84 Å². The Labute approximate surface area is 117 Å². The monoisotopic (exact) mass is 291 g/mol. The molecular formula is C11H21N3O6. The molecule has 0 atom stereocenters. The Morgan fingerprint density at radius 1 is 1.05 bits per heavy atom. The maximum atomic E-state index is 11.0. The van der Waals surface area contributed by atoms with Crippen LogP contribution in [-0.4, -0.2) is 57.9 Å². The van der Waals surface area contributed by atoms with E-state index in [4.69, 9.17) is 15.3 Å². The van der Waals surface area contributed by atoms with Crippen LogP contribution < -0.4 is 16.6 Å². The van der Waals surface area contributed by atoms with E-state index in [2.05, 4.69) is 10.1 Å². The summed E-state index contributed by atoms with van der Waals surface area (Å²) in [5, 5.41) is 2.50. The van der Waals surface area contributed by atoms with Gasteiger partial charge >= 0.3 is 0 Å². The van der Waals surface area contributed by atoms with E-state index >= 15 is 0 Å². The quantitative estimate of drug-likeness (QED) is 0.119. The number of nitrogens with one attached hydrogen (secondary N) is 2. The molecule has 0 aliphatic carbocycles. The number of hydrogen-bond donors (Lipinski definition) is 3. The van der Waals surface area contributed by atoms with Gasteiger partial charge < -0.3 is 19.5 Å². The van der Waals surface area contributed by atoms with Gasteiger partial charge in [-0.1, -0.05) is 0 Å². The van der Waals surface area contributed by atoms with Gasteiger partial charge in [0.1, 0.15) is 0 Å². The zero-order valence-corrected chi connectivity index (χ0v) is 11.3. The van der Waals surface area contributed by atoms with Crippen LogP contribution in [0.15, 0.2) is 0 Å². The van der Waals surface area contributed by atoms with Gasteiger partial charge in [-0.05, 0) is 6.42 Å². The molecule has 0 rings (SSSR count). The van der Waals surface area contributed by atoms with Crippen molar-refractivity contribution in [3.8, 4) is 0 Å². The van der Waals surface area contributed by atoms with Crippen molar-refractivity contribution < 1.29 is 28.6 Å². The Morgan fingerprint density at radius 2 is 1.75 bits per heavy atom. The van der Waals surface area contributed by atoms with E-state index in [1.807, 2.05) is 5.43 Å². The second-order valence-electron chi connectivity index (χ2n) is 3.65. The van der Waals surface area contributed by atoms with E-state index in [1.165, 1.54) is 0 Å². The second-order valence-corrected chi connectivity index (χ2v) is 3.65. The van der Waals surface area contributed by atoms with Crippen molar-refractivity contribution >= 4 is 18.3 Å². The Bertz CT molecular complexity index is 287. The highest BCUT2D eigenvalue weighted by Gasteiger charge is 2.00. The minimum Gasteiger partial charge on any atom is -0.458 e. The first-order valence-electron chi connectivity index (χ1n) is 6.17. The van der Waals surface area contributed by atoms with Crippen LogP contribution in [0.1, 0.15) is 12.8 Å². The first kappa shape index (κ1) is 18.3. The molecular weight excluding hydrogens is 270 g/mol. The summed E-state index contributed by atoms with van der Waals surface area (Å²) in [5.41, 5.74) is 2.03. The molecule has 0 saturated carbocycles. The fraction of sp³-hybridized carbons (Fsp3) is 0.727. The molecule has 0 aromatic rings. The summed E-state index contributed by atoms with van der Waals surface area (Å²) in [6.45, 7) is 1.85. The van der Waals surface area contributed by atoms with Gasteiger partial charge in [0, 0.05) is 19.6 Å². The first-order chi connectivity index (χ1) is 9.70. The molecule has 2 amide bonds. The standard InChI is InChI=1S/C11H21N3O6/c12-14-10(16)2-1-4-18-6-7-19-5-3-13-11(17)8-20-9-15/h9H,1-8,12H2,(H,13,17)(H,14,16). The molecule has 9 heteroatoms. The predicted molar refractivity (Wildman–Crippen MR) is 68.2 cm³/mol. The topological polar surface area (TPSA) is 129 Å². The summed E-state index contributed by atoms with van der Waals surface area (Å²) >= 11 is 0. The van der Waals surface area contributed by atoms with Crippen molar-refractivity contribution in [2.75, 3.05) is 39.6 Å². The SMILES string of the molecule is NNC(=O)CCCOCCOCCNC(=O)COC=O. The Hall–Kier alpha value is -1.71. The van der Waals surface area contributed by atoms with Crippen LogP contribution in [-0.2, 0) is 28.6 Å². The van der Waals surface area contributed by atoms with Gasteiger partial charge in [-0.15, -0.1) is 0 Å². The van der Waals surface area contributed by atoms with Crippen LogP contribution >= 0.6 is 0 Å². The molecule has 0 aliphatic rings. The molecule has 0 bridgehead atoms. The molecule has 0 unspecified atom stereocenters. The van der Waals surface area contributed by atoms with E-state index in [0.717, 1.165) is 0 Å². The molecule has 0 heterocycles. The highest BCUT2D eigenvalue weighted by atomic mass is 16.5. The summed E-state index contributed by atoms with van der Waals surface area (Å²) in [4.78, 5) is 31.6. The molecule has 0 aromatic heterocycles. The van der Waals surface area contributed by atoms with E-state index in [-0.39, 0.29) is 24.9 Å². The van der Waals surface area contributed by atoms with Crippen LogP contribution in [0.25, 0.3) is 0 Å². The fourth-order valence-corrected chi connectivity index (χ4v) is 1.15. The summed E-state index contributed by atoms with van der Waals surface area (Å²) in [5.74, 6) is 4.31. The summed E-state index contributed by atoms with van der Waals surface area (Å²) in [7, 11) is 0. The molecule has 0 aliphatic heterocycles. The minimum absolute atomic E-state index is 0.213. The Kier molecular flexibility index (Phi) is 12.5. The van der Waals surface area contributed by atoms with Crippen molar-refractivity contribution in [3.05, 3.63) is 0 Å². The average molecular weight is 291 g/mol. The van der Waals surface area contributed by atoms with Crippen LogP contribution in [0.3, 0.4) is 0 Å². The van der Waals surface area contributed by atoms with Crippen LogP contribution in [0, 0.1) is 0 Å². The van der Waals surface area contributed by atoms with Gasteiger partial charge in [0.25, 0.3) is 12.4 Å². The molecule has 9 nitrogen and oxygen atoms in total. The van der Waals surface area contributed by atoms with Crippen molar-refractivity contribution in [3.63, 3.8) is 0 Å². The number of amides is 2. The lowest BCUT2D eigenvalue weighted by Crippen LogP contribution is -2.30. The lowest BCUT2D eigenvalue weighted by Gasteiger charge is -2.06. The number of hydrazine groups is 1. The molecule has 0 radical (unpaired) electrons. The van der Waals surface area contributed by atoms with Crippen molar-refractivity contribution in [1.29, 1.82) is 0 Å². The van der Waals surface area contributed by atoms with Gasteiger partial charge in [-0.25, -0.2) is 5.84 Å². The molecule has 20 heavy (non-hydrogen) atoms. The number of rotatable bonds is 13. The van der Waals surface area contributed by atoms with E-state index in [1.54, 1.807) is 0 Å². The third-order valence-electron chi connectivity index (χ3n) is 2.08. The summed E-state index contributed by atoms with van der Waals surface area (Å²) < 4.78 is 14.7. The van der Waals surface area contributed by atoms with Gasteiger partial charge in [0.05, 0.1) is 19.8 Å². The van der Waals surface area contributed by atoms with Gasteiger partial charge in [-0.3, -0.25) is 19.8 Å². The van der Waals surface area contributed by atoms with E-state index < -0.39 is 0 Å². The number of ether oxygens (including phenoxy) is 3. The van der Waals surface area contributed by atoms with Crippen LogP contribution in [0.4, 0.5) is 0 Å². The molecule has 0 fully saturated rings. The third-order valence-corrected chi connectivity index (χ3v) is 2.08. The summed E-state index contributed by atoms with van der Waals surface area (Å²) in [6.07, 6.45) is 0.919. The maximum Gasteiger partial charge on any atom is 0.293 e. The fourth-order valence-electron chi connectivity index (χ4n) is 1.15. The zero-order chi connectivity index (χ0) is 15.1. The zero-order valence-electron chi connectivity index (χ0n) is 11.3. The first-order valence-corrected chi connectivity index (χ1v) is 6.17. The van der Waals surface area contributed by atoms with E-state index in [9.17, 15) is 14.4 Å². The number of nitrogens with two attached hydrogens (primary N) is 1. The van der Waals surface area contributed by atoms with Gasteiger partial charge in [0.2, 0.25) is 5.91 Å². The molecule has 4 N–H and O–H groups in total. The number of hydrogen-bond acceptors (Lipinski definition) is 7. The van der Waals surface area contributed by atoms with Crippen LogP contribution in [0.2, 0.25) is 0 Å². The summed E-state index contributed by atoms with van der Waals surface area (Å²) in [6, 6.07) is 0. The lowest BCUT2D eigenvalue weighted by atomic mass is 10.3. The largest absolute Gasteiger partial charge is 0.458 e. The number of carbonyl (C=O) groups is 3. The smallest absolute Gasteiger partial charge is 0.293 e. The molecule has 0 saturated heterocycles. The molecule has 116 valence electrons. The number of carbonyl (C=O) groups excluding carboxylic acids is 3. The lowest BCUT2D eigenvalue weighted by molar-refractivity contribution is -0.137. The van der Waals surface area contributed by atoms with Crippen molar-refractivity contribution in [2.45, 2.75) is 12.8 Å². The highest BCUT2D eigenvalue weighted by Crippen LogP contribution is 1.89. The molecule has 0 aromatic carbocycles. The van der Waals surface area contributed by atoms with Crippen LogP contribution in [0.5, 0.6) is 0 Å². The molecule has 0 spiro atoms. The third kappa shape index (κ3) is 12.7. The highest BCUT2D eigenvalue weighted by molar-refractivity contribution is 5.77. The normalized spacial score (nSPS) is 9.85. The average Bonchev–Trinajstić information content (AvgIpc) is 2.46. The Balaban J connectivity index is 3.15. The van der Waals surface area contributed by atoms with Gasteiger partial charge in [0.15, 0.2) is 6.61 Å². The van der Waals surface area contributed by atoms with Crippen molar-refractivity contribution in [1.82, 2.24) is 10.7 Å². The van der Waals surface area contributed by atoms with E-state index in [0.29, 0.717) is 45.8 Å².